The van der Waals surface area contributed by atoms with Gasteiger partial charge in [0.1, 0.15) is 30.5 Å². The zero-order chi connectivity index (χ0) is 45.3. The summed E-state index contributed by atoms with van der Waals surface area (Å²) in [6.45, 7) is 18.2. The summed E-state index contributed by atoms with van der Waals surface area (Å²) in [4.78, 5) is 32.1. The second kappa shape index (κ2) is 23.9. The third-order valence-electron chi connectivity index (χ3n) is 13.5. The number of esters is 1. The fourth-order valence-electron chi connectivity index (χ4n) is 10.0. The van der Waals surface area contributed by atoms with Gasteiger partial charge in [-0.2, -0.15) is 0 Å². The third-order valence-corrected chi connectivity index (χ3v) is 13.5. The van der Waals surface area contributed by atoms with E-state index in [4.69, 9.17) is 33.2 Å². The lowest BCUT2D eigenvalue weighted by Crippen LogP contribution is -2.63. The predicted octanol–water partition coefficient (Wildman–Crippen LogP) is 3.34. The SMILES string of the molecule is CC[C@H]1OC(=O)C[C@@H](O)[C@H](C)[C@@H](O[C@@H]2O[C@H](C)[C@@H](O)C(N(C)C)C2O)[C@@H](CCN2CC(C)CC(C)C2)C[C@@H](C)C(=O)C=CC(C)=C[C@@H]1CO[C@@H]1OC(C)[C@@H](O)[C@H](OC)C1OC. The first kappa shape index (κ1) is 51.8. The van der Waals surface area contributed by atoms with Crippen LogP contribution in [0.3, 0.4) is 0 Å². The number of methoxy groups -OCH3 is 2. The molecule has 0 aromatic heterocycles. The summed E-state index contributed by atoms with van der Waals surface area (Å²) in [6.07, 6.45) is -2.96. The number of allylic oxidation sites excluding steroid dienone is 3. The predicted molar refractivity (Wildman–Crippen MR) is 229 cm³/mol. The van der Waals surface area contributed by atoms with Gasteiger partial charge in [0, 0.05) is 45.1 Å². The standard InChI is InChI=1S/C46H80N2O13/c1-13-36-33(24-57-46-44(56-12)43(55-11)40(53)31(8)59-46)19-25(2)14-15-34(49)28(5)20-32(16-17-48-22-26(3)18-27(4)23-48)42(29(6)35(50)21-37(51)60-36)61-45-41(54)38(47(9)10)39(52)30(7)58-45/h14-15,19,26-33,35-36,38-46,50,52-54H,13,16-18,20-24H2,1-12H3/t26?,27?,28-,29+,30-,31?,32+,33-,35-,36-,38?,39-,40-,41?,42-,43+,44?,45+,46-/m1/s1. The molecule has 4 rings (SSSR count). The number of hydrogen-bond donors (Lipinski definition) is 4. The third kappa shape index (κ3) is 13.8. The summed E-state index contributed by atoms with van der Waals surface area (Å²) in [6, 6.07) is -0.684. The molecule has 0 aromatic carbocycles. The molecule has 3 fully saturated rings. The molecule has 6 unspecified atom stereocenters. The second-order valence-electron chi connectivity index (χ2n) is 18.9. The largest absolute Gasteiger partial charge is 0.462 e. The van der Waals surface area contributed by atoms with E-state index in [2.05, 4.69) is 18.7 Å². The Morgan fingerprint density at radius 3 is 2.05 bits per heavy atom. The van der Waals surface area contributed by atoms with Crippen LogP contribution in [0.5, 0.6) is 0 Å². The number of carbonyl (C=O) groups is 2. The van der Waals surface area contributed by atoms with Gasteiger partial charge >= 0.3 is 5.97 Å². The second-order valence-corrected chi connectivity index (χ2v) is 18.9. The Kier molecular flexibility index (Phi) is 20.3. The fraction of sp³-hybridized carbons (Fsp3) is 0.870. The highest BCUT2D eigenvalue weighted by Crippen LogP contribution is 2.36. The lowest BCUT2D eigenvalue weighted by Gasteiger charge is -2.47. The van der Waals surface area contributed by atoms with E-state index in [-0.39, 0.29) is 24.7 Å². The van der Waals surface area contributed by atoms with Gasteiger partial charge in [0.15, 0.2) is 18.4 Å². The van der Waals surface area contributed by atoms with Gasteiger partial charge in [0.05, 0.1) is 49.6 Å². The fourth-order valence-corrected chi connectivity index (χ4v) is 10.0. The molecule has 0 saturated carbocycles. The molecule has 15 nitrogen and oxygen atoms in total. The van der Waals surface area contributed by atoms with Crippen molar-refractivity contribution in [3.05, 3.63) is 23.8 Å². The summed E-state index contributed by atoms with van der Waals surface area (Å²) < 4.78 is 42.6. The van der Waals surface area contributed by atoms with Crippen LogP contribution in [0.1, 0.15) is 87.5 Å². The number of cyclic esters (lactones) is 1. The molecule has 61 heavy (non-hydrogen) atoms. The molecular formula is C46H80N2O13. The van der Waals surface area contributed by atoms with Crippen LogP contribution in [0, 0.1) is 35.5 Å². The number of likely N-dealkylation sites (N-methyl/N-ethyl adjacent to an activating group) is 1. The Morgan fingerprint density at radius 1 is 0.820 bits per heavy atom. The smallest absolute Gasteiger partial charge is 0.308 e. The highest BCUT2D eigenvalue weighted by Gasteiger charge is 2.48. The maximum atomic E-state index is 14.0. The first-order valence-electron chi connectivity index (χ1n) is 22.6. The number of aliphatic hydroxyl groups excluding tert-OH is 4. The quantitative estimate of drug-likeness (QED) is 0.209. The van der Waals surface area contributed by atoms with Crippen LogP contribution in [-0.2, 0) is 42.7 Å². The summed E-state index contributed by atoms with van der Waals surface area (Å²) in [5.41, 5.74) is 0.761. The van der Waals surface area contributed by atoms with Gasteiger partial charge in [-0.3, -0.25) is 9.59 Å². The van der Waals surface area contributed by atoms with E-state index in [1.807, 2.05) is 33.8 Å². The molecule has 0 aromatic rings. The van der Waals surface area contributed by atoms with Crippen LogP contribution >= 0.6 is 0 Å². The number of rotatable bonds is 12. The maximum absolute atomic E-state index is 14.0. The summed E-state index contributed by atoms with van der Waals surface area (Å²) in [7, 11) is 6.54. The lowest BCUT2D eigenvalue weighted by molar-refractivity contribution is -0.304. The number of aliphatic hydroxyl groups is 4. The monoisotopic (exact) mass is 869 g/mol. The first-order valence-corrected chi connectivity index (χ1v) is 22.6. The Bertz CT molecular complexity index is 1420. The summed E-state index contributed by atoms with van der Waals surface area (Å²) in [5, 5.41) is 45.3. The van der Waals surface area contributed by atoms with E-state index in [9.17, 15) is 30.0 Å². The average molecular weight is 869 g/mol. The van der Waals surface area contributed by atoms with Gasteiger partial charge in [0.25, 0.3) is 0 Å². The summed E-state index contributed by atoms with van der Waals surface area (Å²) >= 11 is 0. The lowest BCUT2D eigenvalue weighted by atomic mass is 9.79. The molecule has 0 bridgehead atoms. The van der Waals surface area contributed by atoms with Gasteiger partial charge in [-0.25, -0.2) is 0 Å². The Labute approximate surface area is 365 Å². The number of likely N-dealkylation sites (tertiary alicyclic amines) is 1. The van der Waals surface area contributed by atoms with Gasteiger partial charge in [-0.05, 0) is 90.9 Å². The van der Waals surface area contributed by atoms with Crippen LogP contribution in [0.2, 0.25) is 0 Å². The molecule has 19 atom stereocenters. The molecular weight excluding hydrogens is 789 g/mol. The maximum Gasteiger partial charge on any atom is 0.308 e. The minimum Gasteiger partial charge on any atom is -0.462 e. The van der Waals surface area contributed by atoms with Crippen LogP contribution in [-0.4, -0.2) is 176 Å². The molecule has 4 heterocycles. The van der Waals surface area contributed by atoms with Gasteiger partial charge < -0.3 is 63.4 Å². The molecule has 15 heteroatoms. The average Bonchev–Trinajstić information content (AvgIpc) is 3.19. The zero-order valence-electron chi connectivity index (χ0n) is 38.9. The van der Waals surface area contributed by atoms with Crippen molar-refractivity contribution in [3.63, 3.8) is 0 Å². The molecule has 4 aliphatic heterocycles. The Balaban J connectivity index is 1.68. The van der Waals surface area contributed by atoms with Crippen molar-refractivity contribution < 1.29 is 63.2 Å². The summed E-state index contributed by atoms with van der Waals surface area (Å²) in [5.74, 6) is -1.46. The molecule has 0 radical (unpaired) electrons. The van der Waals surface area contributed by atoms with Crippen LogP contribution in [0.15, 0.2) is 23.8 Å². The van der Waals surface area contributed by atoms with Crippen molar-refractivity contribution >= 4 is 11.8 Å². The normalized spacial score (nSPS) is 43.0. The van der Waals surface area contributed by atoms with Gasteiger partial charge in [0.2, 0.25) is 0 Å². The number of nitrogens with zero attached hydrogens (tertiary/aromatic N) is 2. The van der Waals surface area contributed by atoms with Crippen molar-refractivity contribution in [1.82, 2.24) is 9.80 Å². The number of ketones is 1. The molecule has 352 valence electrons. The van der Waals surface area contributed by atoms with E-state index in [1.165, 1.54) is 20.6 Å². The van der Waals surface area contributed by atoms with E-state index in [1.54, 1.807) is 45.0 Å². The molecule has 4 aliphatic rings. The topological polar surface area (TPSA) is 186 Å². The zero-order valence-corrected chi connectivity index (χ0v) is 38.9. The molecule has 3 saturated heterocycles. The van der Waals surface area contributed by atoms with Gasteiger partial charge in [-0.15, -0.1) is 0 Å². The minimum atomic E-state index is -1.23. The van der Waals surface area contributed by atoms with E-state index < -0.39 is 103 Å². The van der Waals surface area contributed by atoms with Crippen molar-refractivity contribution in [2.24, 2.45) is 35.5 Å². The number of hydrogen-bond acceptors (Lipinski definition) is 15. The number of carbonyl (C=O) groups excluding carboxylic acids is 2. The van der Waals surface area contributed by atoms with Crippen LogP contribution in [0.25, 0.3) is 0 Å². The van der Waals surface area contributed by atoms with Crippen molar-refractivity contribution in [1.29, 1.82) is 0 Å². The van der Waals surface area contributed by atoms with Crippen molar-refractivity contribution in [2.45, 2.75) is 167 Å². The van der Waals surface area contributed by atoms with Gasteiger partial charge in [-0.1, -0.05) is 52.3 Å². The highest BCUT2D eigenvalue weighted by atomic mass is 16.7. The van der Waals surface area contributed by atoms with Crippen LogP contribution < -0.4 is 0 Å². The number of ether oxygens (including phenoxy) is 7. The molecule has 4 N–H and O–H groups in total. The molecule has 0 spiro atoms. The minimum absolute atomic E-state index is 0.0427. The Morgan fingerprint density at radius 2 is 1.44 bits per heavy atom. The van der Waals surface area contributed by atoms with Crippen molar-refractivity contribution in [3.8, 4) is 0 Å². The Hall–Kier alpha value is -1.86. The first-order chi connectivity index (χ1) is 28.8. The molecule has 0 aliphatic carbocycles. The number of piperidine rings is 1. The van der Waals surface area contributed by atoms with Crippen LogP contribution in [0.4, 0.5) is 0 Å². The van der Waals surface area contributed by atoms with E-state index in [0.29, 0.717) is 31.1 Å². The van der Waals surface area contributed by atoms with Crippen molar-refractivity contribution in [2.75, 3.05) is 54.6 Å². The van der Waals surface area contributed by atoms with E-state index >= 15 is 0 Å². The molecule has 0 amide bonds. The highest BCUT2D eigenvalue weighted by molar-refractivity contribution is 5.91. The van der Waals surface area contributed by atoms with E-state index in [0.717, 1.165) is 25.2 Å².